The molecule has 0 fully saturated rings. The van der Waals surface area contributed by atoms with Crippen LogP contribution >= 0.6 is 11.6 Å². The average molecular weight is 365 g/mol. The second-order valence-electron chi connectivity index (χ2n) is 5.67. The number of nitrogens with zero attached hydrogens (tertiary/aromatic N) is 2. The molecule has 0 unspecified atom stereocenters. The van der Waals surface area contributed by atoms with E-state index < -0.39 is 5.91 Å². The summed E-state index contributed by atoms with van der Waals surface area (Å²) in [6.45, 7) is 2.02. The zero-order chi connectivity index (χ0) is 18.4. The van der Waals surface area contributed by atoms with Crippen LogP contribution in [0.2, 0.25) is 0 Å². The summed E-state index contributed by atoms with van der Waals surface area (Å²) >= 11 is 6.08. The topological polar surface area (TPSA) is 70.1 Å². The fraction of sp³-hybridized carbons (Fsp3) is 0.0500. The van der Waals surface area contributed by atoms with E-state index in [0.717, 1.165) is 16.7 Å². The lowest BCUT2D eigenvalue weighted by molar-refractivity contribution is 0.0950. The molecule has 130 valence electrons. The molecular formula is C20H17ClN4O. The molecular weight excluding hydrogens is 348 g/mol. The number of amides is 1. The molecule has 0 saturated heterocycles. The lowest BCUT2D eigenvalue weighted by atomic mass is 10.1. The summed E-state index contributed by atoms with van der Waals surface area (Å²) in [5.74, 6) is -0.392. The van der Waals surface area contributed by atoms with E-state index in [2.05, 4.69) is 20.7 Å². The minimum absolute atomic E-state index is 0.320. The van der Waals surface area contributed by atoms with E-state index in [9.17, 15) is 4.79 Å². The summed E-state index contributed by atoms with van der Waals surface area (Å²) < 4.78 is 0. The molecule has 2 N–H and O–H groups in total. The summed E-state index contributed by atoms with van der Waals surface area (Å²) in [6.07, 6.45) is 3.13. The van der Waals surface area contributed by atoms with Crippen LogP contribution in [0.1, 0.15) is 21.6 Å². The third-order valence-corrected chi connectivity index (χ3v) is 3.83. The van der Waals surface area contributed by atoms with E-state index in [-0.39, 0.29) is 0 Å². The first kappa shape index (κ1) is 17.6. The van der Waals surface area contributed by atoms with E-state index in [1.807, 2.05) is 61.5 Å². The van der Waals surface area contributed by atoms with Crippen LogP contribution in [0, 0.1) is 6.92 Å². The number of rotatable bonds is 5. The van der Waals surface area contributed by atoms with Gasteiger partial charge in [-0.2, -0.15) is 10.2 Å². The molecule has 0 radical (unpaired) electrons. The highest BCUT2D eigenvalue weighted by Gasteiger charge is 2.10. The maximum Gasteiger partial charge on any atom is 0.289 e. The molecule has 5 nitrogen and oxygen atoms in total. The van der Waals surface area contributed by atoms with Crippen molar-refractivity contribution in [2.45, 2.75) is 6.92 Å². The number of carbonyl (C=O) groups excluding carboxylic acids is 1. The Morgan fingerprint density at radius 1 is 1.15 bits per heavy atom. The van der Waals surface area contributed by atoms with Gasteiger partial charge in [0, 0.05) is 5.56 Å². The highest BCUT2D eigenvalue weighted by Crippen LogP contribution is 2.18. The van der Waals surface area contributed by atoms with Crippen LogP contribution < -0.4 is 5.43 Å². The first-order valence-electron chi connectivity index (χ1n) is 8.00. The van der Waals surface area contributed by atoms with Gasteiger partial charge >= 0.3 is 0 Å². The molecule has 0 saturated carbocycles. The summed E-state index contributed by atoms with van der Waals surface area (Å²) in [5, 5.41) is 11.1. The molecule has 0 aliphatic rings. The summed E-state index contributed by atoms with van der Waals surface area (Å²) in [4.78, 5) is 12.1. The number of halogens is 1. The molecule has 1 amide bonds. The van der Waals surface area contributed by atoms with Gasteiger partial charge in [-0.25, -0.2) is 5.43 Å². The molecule has 1 aromatic heterocycles. The van der Waals surface area contributed by atoms with Crippen molar-refractivity contribution < 1.29 is 4.79 Å². The molecule has 3 aromatic rings. The molecule has 0 aliphatic carbocycles. The number of benzene rings is 2. The molecule has 0 aliphatic heterocycles. The highest BCUT2D eigenvalue weighted by molar-refractivity contribution is 6.41. The van der Waals surface area contributed by atoms with Crippen LogP contribution in [0.4, 0.5) is 0 Å². The van der Waals surface area contributed by atoms with Crippen molar-refractivity contribution in [3.05, 3.63) is 82.5 Å². The number of aryl methyl sites for hydroxylation is 1. The van der Waals surface area contributed by atoms with Crippen molar-refractivity contribution in [1.29, 1.82) is 0 Å². The second-order valence-corrected chi connectivity index (χ2v) is 6.11. The van der Waals surface area contributed by atoms with Crippen LogP contribution in [0.15, 0.2) is 70.8 Å². The fourth-order valence-corrected chi connectivity index (χ4v) is 2.44. The molecule has 1 heterocycles. The van der Waals surface area contributed by atoms with Crippen LogP contribution in [0.3, 0.4) is 0 Å². The standard InChI is InChI=1S/C20H17ClN4O/c1-14-7-9-16(10-8-14)18-12-19(24-23-18)20(26)25-22-13-17(21)11-15-5-3-2-4-6-15/h2-13H,1H3,(H,23,24)(H,25,26)/b17-11-,22-13-. The Morgan fingerprint density at radius 3 is 2.62 bits per heavy atom. The molecule has 2 aromatic carbocycles. The first-order chi connectivity index (χ1) is 12.6. The van der Waals surface area contributed by atoms with E-state index in [0.29, 0.717) is 16.4 Å². The van der Waals surface area contributed by atoms with Gasteiger partial charge in [0.25, 0.3) is 5.91 Å². The maximum atomic E-state index is 12.1. The van der Waals surface area contributed by atoms with Gasteiger partial charge < -0.3 is 0 Å². The number of aromatic nitrogens is 2. The quantitative estimate of drug-likeness (QED) is 0.521. The Labute approximate surface area is 156 Å². The Hall–Kier alpha value is -3.18. The van der Waals surface area contributed by atoms with Crippen LogP contribution in [0.25, 0.3) is 17.3 Å². The zero-order valence-corrected chi connectivity index (χ0v) is 14.9. The monoisotopic (exact) mass is 364 g/mol. The number of hydrogen-bond donors (Lipinski definition) is 2. The van der Waals surface area contributed by atoms with E-state index in [1.54, 1.807) is 12.1 Å². The number of carbonyl (C=O) groups is 1. The lowest BCUT2D eigenvalue weighted by Crippen LogP contribution is -2.17. The van der Waals surface area contributed by atoms with E-state index >= 15 is 0 Å². The van der Waals surface area contributed by atoms with E-state index in [1.165, 1.54) is 6.21 Å². The number of aromatic amines is 1. The highest BCUT2D eigenvalue weighted by atomic mass is 35.5. The smallest absolute Gasteiger partial charge is 0.272 e. The number of hydrogen-bond acceptors (Lipinski definition) is 3. The van der Waals surface area contributed by atoms with Crippen LogP contribution in [-0.4, -0.2) is 22.3 Å². The molecule has 0 bridgehead atoms. The second kappa shape index (κ2) is 8.27. The number of H-pyrrole nitrogens is 1. The van der Waals surface area contributed by atoms with Gasteiger partial charge in [0.1, 0.15) is 5.69 Å². The Kier molecular flexibility index (Phi) is 5.61. The van der Waals surface area contributed by atoms with Crippen molar-refractivity contribution in [3.8, 4) is 11.3 Å². The van der Waals surface area contributed by atoms with Gasteiger partial charge in [-0.05, 0) is 24.6 Å². The predicted octanol–water partition coefficient (Wildman–Crippen LogP) is 4.38. The third kappa shape index (κ3) is 4.68. The summed E-state index contributed by atoms with van der Waals surface area (Å²) in [7, 11) is 0. The van der Waals surface area contributed by atoms with Gasteiger partial charge in [0.2, 0.25) is 0 Å². The maximum absolute atomic E-state index is 12.1. The first-order valence-corrected chi connectivity index (χ1v) is 8.38. The van der Waals surface area contributed by atoms with Crippen molar-refractivity contribution in [2.24, 2.45) is 5.10 Å². The minimum atomic E-state index is -0.392. The van der Waals surface area contributed by atoms with E-state index in [4.69, 9.17) is 11.6 Å². The van der Waals surface area contributed by atoms with Crippen molar-refractivity contribution in [3.63, 3.8) is 0 Å². The Bertz CT molecular complexity index is 943. The molecule has 0 spiro atoms. The average Bonchev–Trinajstić information content (AvgIpc) is 3.13. The third-order valence-electron chi connectivity index (χ3n) is 3.63. The number of nitrogens with one attached hydrogen (secondary N) is 2. The minimum Gasteiger partial charge on any atom is -0.272 e. The van der Waals surface area contributed by atoms with Crippen molar-refractivity contribution in [1.82, 2.24) is 15.6 Å². The van der Waals surface area contributed by atoms with Gasteiger partial charge in [-0.15, -0.1) is 0 Å². The number of allylic oxidation sites excluding steroid dienone is 1. The van der Waals surface area contributed by atoms with Gasteiger partial charge in [-0.1, -0.05) is 71.8 Å². The predicted molar refractivity (Wildman–Crippen MR) is 105 cm³/mol. The summed E-state index contributed by atoms with van der Waals surface area (Å²) in [5.41, 5.74) is 6.49. The fourth-order valence-electron chi connectivity index (χ4n) is 2.27. The Morgan fingerprint density at radius 2 is 1.88 bits per heavy atom. The molecule has 0 atom stereocenters. The van der Waals surface area contributed by atoms with Crippen LogP contribution in [0.5, 0.6) is 0 Å². The number of hydrazone groups is 1. The van der Waals surface area contributed by atoms with Gasteiger partial charge in [0.05, 0.1) is 16.9 Å². The molecule has 3 rings (SSSR count). The SMILES string of the molecule is Cc1ccc(-c2cc(C(=O)N/N=C\C(Cl)=C\c3ccccc3)[nH]n2)cc1. The summed E-state index contributed by atoms with van der Waals surface area (Å²) in [6, 6.07) is 19.2. The molecule has 26 heavy (non-hydrogen) atoms. The largest absolute Gasteiger partial charge is 0.289 e. The van der Waals surface area contributed by atoms with Gasteiger partial charge in [-0.3, -0.25) is 9.89 Å². The van der Waals surface area contributed by atoms with Crippen LogP contribution in [-0.2, 0) is 0 Å². The van der Waals surface area contributed by atoms with Crippen molar-refractivity contribution >= 4 is 29.8 Å². The lowest BCUT2D eigenvalue weighted by Gasteiger charge is -1.97. The zero-order valence-electron chi connectivity index (χ0n) is 14.1. The van der Waals surface area contributed by atoms with Gasteiger partial charge in [0.15, 0.2) is 0 Å². The normalized spacial score (nSPS) is 11.7. The Balaban J connectivity index is 1.62. The molecule has 6 heteroatoms. The van der Waals surface area contributed by atoms with Crippen molar-refractivity contribution in [2.75, 3.05) is 0 Å².